The third-order valence-corrected chi connectivity index (χ3v) is 4.21. The van der Waals surface area contributed by atoms with E-state index < -0.39 is 0 Å². The SMILES string of the molecule is N#Cc1ccc(N(CCc2coc3cc(O)ccc23)n2cnnc2)cc1. The summed E-state index contributed by atoms with van der Waals surface area (Å²) < 4.78 is 7.34. The number of fused-ring (bicyclic) bond motifs is 1. The molecule has 4 aromatic rings. The molecule has 0 atom stereocenters. The number of hydrogen-bond donors (Lipinski definition) is 1. The van der Waals surface area contributed by atoms with Crippen LogP contribution < -0.4 is 5.01 Å². The molecule has 0 fully saturated rings. The van der Waals surface area contributed by atoms with Crippen LogP contribution in [0.4, 0.5) is 5.69 Å². The quantitative estimate of drug-likeness (QED) is 0.597. The molecule has 7 heteroatoms. The Bertz CT molecular complexity index is 1060. The van der Waals surface area contributed by atoms with Crippen LogP contribution in [0.5, 0.6) is 5.75 Å². The summed E-state index contributed by atoms with van der Waals surface area (Å²) in [6.07, 6.45) is 5.69. The molecule has 0 amide bonds. The van der Waals surface area contributed by atoms with Crippen LogP contribution in [0.2, 0.25) is 0 Å². The minimum Gasteiger partial charge on any atom is -0.508 e. The maximum absolute atomic E-state index is 9.57. The van der Waals surface area contributed by atoms with Gasteiger partial charge in [-0.2, -0.15) is 5.26 Å². The molecule has 2 aromatic heterocycles. The number of aromatic nitrogens is 3. The van der Waals surface area contributed by atoms with Crippen LogP contribution in [0, 0.1) is 11.3 Å². The number of phenols is 1. The number of benzene rings is 2. The fourth-order valence-electron chi connectivity index (χ4n) is 2.90. The van der Waals surface area contributed by atoms with Crippen molar-refractivity contribution in [1.82, 2.24) is 14.9 Å². The van der Waals surface area contributed by atoms with Crippen LogP contribution in [-0.2, 0) is 6.42 Å². The van der Waals surface area contributed by atoms with Gasteiger partial charge in [0.25, 0.3) is 0 Å². The van der Waals surface area contributed by atoms with E-state index in [1.807, 2.05) is 23.2 Å². The van der Waals surface area contributed by atoms with Gasteiger partial charge in [-0.15, -0.1) is 10.2 Å². The molecular formula is C19H15N5O2. The summed E-state index contributed by atoms with van der Waals surface area (Å²) in [6, 6.07) is 14.6. The molecule has 26 heavy (non-hydrogen) atoms. The Morgan fingerprint density at radius 1 is 1.12 bits per heavy atom. The van der Waals surface area contributed by atoms with Crippen LogP contribution in [0.25, 0.3) is 11.0 Å². The summed E-state index contributed by atoms with van der Waals surface area (Å²) in [7, 11) is 0. The van der Waals surface area contributed by atoms with E-state index in [0.29, 0.717) is 17.7 Å². The summed E-state index contributed by atoms with van der Waals surface area (Å²) >= 11 is 0. The van der Waals surface area contributed by atoms with Gasteiger partial charge in [0, 0.05) is 23.6 Å². The van der Waals surface area contributed by atoms with Crippen molar-refractivity contribution in [3.63, 3.8) is 0 Å². The van der Waals surface area contributed by atoms with Gasteiger partial charge >= 0.3 is 0 Å². The Hall–Kier alpha value is -3.79. The third kappa shape index (κ3) is 2.96. The minimum absolute atomic E-state index is 0.182. The molecule has 0 aliphatic rings. The lowest BCUT2D eigenvalue weighted by Gasteiger charge is -2.24. The maximum atomic E-state index is 9.57. The molecule has 0 bridgehead atoms. The monoisotopic (exact) mass is 345 g/mol. The molecule has 0 saturated carbocycles. The van der Waals surface area contributed by atoms with Gasteiger partial charge in [0.05, 0.1) is 23.6 Å². The number of nitrogens with zero attached hydrogens (tertiary/aromatic N) is 5. The molecule has 0 unspecified atom stereocenters. The Morgan fingerprint density at radius 3 is 2.62 bits per heavy atom. The Kier molecular flexibility index (Phi) is 4.00. The standard InChI is InChI=1S/C19H15N5O2/c20-10-14-1-3-16(4-2-14)24(23-12-21-22-13-23)8-7-15-11-26-19-9-17(25)5-6-18(15)19/h1-6,9,11-13,25H,7-8H2. The number of hydrogen-bond acceptors (Lipinski definition) is 6. The van der Waals surface area contributed by atoms with Crippen molar-refractivity contribution in [2.75, 3.05) is 11.6 Å². The van der Waals surface area contributed by atoms with Crippen molar-refractivity contribution in [1.29, 1.82) is 5.26 Å². The highest BCUT2D eigenvalue weighted by Crippen LogP contribution is 2.26. The number of rotatable bonds is 5. The fraction of sp³-hybridized carbons (Fsp3) is 0.105. The molecule has 0 saturated heterocycles. The van der Waals surface area contributed by atoms with Crippen molar-refractivity contribution in [3.05, 3.63) is 72.5 Å². The minimum atomic E-state index is 0.182. The summed E-state index contributed by atoms with van der Waals surface area (Å²) in [5, 5.41) is 29.3. The normalized spacial score (nSPS) is 10.7. The van der Waals surface area contributed by atoms with E-state index in [4.69, 9.17) is 9.68 Å². The van der Waals surface area contributed by atoms with Crippen molar-refractivity contribution in [2.24, 2.45) is 0 Å². The van der Waals surface area contributed by atoms with E-state index in [0.717, 1.165) is 23.1 Å². The Balaban J connectivity index is 1.61. The smallest absolute Gasteiger partial charge is 0.139 e. The first-order chi connectivity index (χ1) is 12.7. The topological polar surface area (TPSA) is 91.1 Å². The van der Waals surface area contributed by atoms with Crippen LogP contribution >= 0.6 is 0 Å². The zero-order valence-corrected chi connectivity index (χ0v) is 13.8. The number of nitriles is 1. The zero-order chi connectivity index (χ0) is 17.9. The third-order valence-electron chi connectivity index (χ3n) is 4.21. The number of furan rings is 1. The van der Waals surface area contributed by atoms with Gasteiger partial charge in [-0.3, -0.25) is 5.01 Å². The fourth-order valence-corrected chi connectivity index (χ4v) is 2.90. The van der Waals surface area contributed by atoms with Gasteiger partial charge in [-0.1, -0.05) is 0 Å². The summed E-state index contributed by atoms with van der Waals surface area (Å²) in [6.45, 7) is 0.652. The van der Waals surface area contributed by atoms with Crippen LogP contribution in [0.3, 0.4) is 0 Å². The molecule has 128 valence electrons. The number of anilines is 1. The molecule has 0 spiro atoms. The summed E-state index contributed by atoms with van der Waals surface area (Å²) in [4.78, 5) is 0. The highest BCUT2D eigenvalue weighted by Gasteiger charge is 2.12. The largest absolute Gasteiger partial charge is 0.508 e. The molecule has 0 aliphatic carbocycles. The molecule has 1 N–H and O–H groups in total. The van der Waals surface area contributed by atoms with Gasteiger partial charge in [0.2, 0.25) is 0 Å². The zero-order valence-electron chi connectivity index (χ0n) is 13.8. The first kappa shape index (κ1) is 15.7. The van der Waals surface area contributed by atoms with E-state index in [-0.39, 0.29) is 5.75 Å². The lowest BCUT2D eigenvalue weighted by atomic mass is 10.1. The summed E-state index contributed by atoms with van der Waals surface area (Å²) in [5.74, 6) is 0.182. The average Bonchev–Trinajstić information content (AvgIpc) is 3.32. The van der Waals surface area contributed by atoms with Gasteiger partial charge < -0.3 is 9.52 Å². The molecule has 0 aliphatic heterocycles. The Morgan fingerprint density at radius 2 is 1.88 bits per heavy atom. The highest BCUT2D eigenvalue weighted by atomic mass is 16.3. The van der Waals surface area contributed by atoms with E-state index in [9.17, 15) is 5.11 Å². The molecular weight excluding hydrogens is 330 g/mol. The first-order valence-electron chi connectivity index (χ1n) is 8.06. The second-order valence-corrected chi connectivity index (χ2v) is 5.82. The predicted octanol–water partition coefficient (Wildman–Crippen LogP) is 3.11. The molecule has 4 rings (SSSR count). The molecule has 7 nitrogen and oxygen atoms in total. The van der Waals surface area contributed by atoms with Gasteiger partial charge in [-0.05, 0) is 42.8 Å². The molecule has 2 heterocycles. The van der Waals surface area contributed by atoms with E-state index in [2.05, 4.69) is 16.3 Å². The van der Waals surface area contributed by atoms with Gasteiger partial charge in [-0.25, -0.2) is 4.68 Å². The van der Waals surface area contributed by atoms with Gasteiger partial charge in [0.1, 0.15) is 24.0 Å². The lowest BCUT2D eigenvalue weighted by molar-refractivity contribution is 0.474. The number of phenolic OH excluding ortho intramolecular Hbond substituents is 1. The summed E-state index contributed by atoms with van der Waals surface area (Å²) in [5.41, 5.74) is 3.24. The van der Waals surface area contributed by atoms with Crippen LogP contribution in [0.1, 0.15) is 11.1 Å². The van der Waals surface area contributed by atoms with Crippen molar-refractivity contribution < 1.29 is 9.52 Å². The van der Waals surface area contributed by atoms with Crippen LogP contribution in [-0.4, -0.2) is 26.5 Å². The van der Waals surface area contributed by atoms with E-state index >= 15 is 0 Å². The van der Waals surface area contributed by atoms with Crippen molar-refractivity contribution in [2.45, 2.75) is 6.42 Å². The van der Waals surface area contributed by atoms with Crippen molar-refractivity contribution >= 4 is 16.7 Å². The molecule has 2 aromatic carbocycles. The van der Waals surface area contributed by atoms with E-state index in [1.54, 1.807) is 47.9 Å². The van der Waals surface area contributed by atoms with Crippen LogP contribution in [0.15, 0.2) is 65.8 Å². The Labute approximate surface area is 149 Å². The predicted molar refractivity (Wildman–Crippen MR) is 95.5 cm³/mol. The van der Waals surface area contributed by atoms with E-state index in [1.165, 1.54) is 0 Å². The first-order valence-corrected chi connectivity index (χ1v) is 8.06. The lowest BCUT2D eigenvalue weighted by Crippen LogP contribution is -2.30. The van der Waals surface area contributed by atoms with Gasteiger partial charge in [0.15, 0.2) is 0 Å². The highest BCUT2D eigenvalue weighted by molar-refractivity contribution is 5.82. The molecule has 0 radical (unpaired) electrons. The van der Waals surface area contributed by atoms with Crippen molar-refractivity contribution in [3.8, 4) is 11.8 Å². The maximum Gasteiger partial charge on any atom is 0.139 e. The average molecular weight is 345 g/mol. The number of aromatic hydroxyl groups is 1. The second-order valence-electron chi connectivity index (χ2n) is 5.82. The second kappa shape index (κ2) is 6.61.